The van der Waals surface area contributed by atoms with Crippen LogP contribution in [0.3, 0.4) is 0 Å². The van der Waals surface area contributed by atoms with Crippen LogP contribution in [0.5, 0.6) is 5.75 Å². The highest BCUT2D eigenvalue weighted by Gasteiger charge is 2.11. The molecule has 0 fully saturated rings. The molecule has 1 heterocycles. The molecule has 0 unspecified atom stereocenters. The molecule has 4 rings (SSSR count). The third kappa shape index (κ3) is 4.94. The Morgan fingerprint density at radius 1 is 0.967 bits per heavy atom. The lowest BCUT2D eigenvalue weighted by molar-refractivity contribution is -0.118. The molecule has 3 aromatic carbocycles. The second kappa shape index (κ2) is 8.94. The van der Waals surface area contributed by atoms with Crippen LogP contribution >= 0.6 is 22.9 Å². The van der Waals surface area contributed by atoms with Crippen LogP contribution in [-0.4, -0.2) is 23.4 Å². The van der Waals surface area contributed by atoms with Gasteiger partial charge in [0.15, 0.2) is 11.7 Å². The molecular formula is C22H16ClN3O3S. The van der Waals surface area contributed by atoms with Crippen molar-refractivity contribution in [2.45, 2.75) is 0 Å². The first-order chi connectivity index (χ1) is 14.6. The highest BCUT2D eigenvalue weighted by Crippen LogP contribution is 2.28. The molecule has 0 saturated heterocycles. The number of carbonyl (C=O) groups excluding carboxylic acids is 2. The number of halogens is 1. The number of anilines is 2. The van der Waals surface area contributed by atoms with Crippen LogP contribution in [-0.2, 0) is 4.79 Å². The van der Waals surface area contributed by atoms with Gasteiger partial charge in [0.05, 0.1) is 10.2 Å². The summed E-state index contributed by atoms with van der Waals surface area (Å²) in [5.41, 5.74) is 1.92. The standard InChI is InChI=1S/C22H16ClN3O3S/c23-15-6-9-17(10-7-15)29-13-20(27)24-16-8-11-18-19(12-16)30-22(25-18)26-21(28)14-4-2-1-3-5-14/h1-12H,13H2,(H,24,27)(H,25,26,28). The average molecular weight is 438 g/mol. The van der Waals surface area contributed by atoms with Crippen LogP contribution in [0.15, 0.2) is 72.8 Å². The van der Waals surface area contributed by atoms with Crippen molar-refractivity contribution >= 4 is 55.8 Å². The molecule has 0 bridgehead atoms. The molecule has 4 aromatic rings. The summed E-state index contributed by atoms with van der Waals surface area (Å²) in [6.07, 6.45) is 0. The lowest BCUT2D eigenvalue weighted by atomic mass is 10.2. The summed E-state index contributed by atoms with van der Waals surface area (Å²) < 4.78 is 6.29. The van der Waals surface area contributed by atoms with Gasteiger partial charge in [-0.2, -0.15) is 0 Å². The maximum Gasteiger partial charge on any atom is 0.262 e. The normalized spacial score (nSPS) is 10.6. The highest BCUT2D eigenvalue weighted by molar-refractivity contribution is 7.22. The average Bonchev–Trinajstić information content (AvgIpc) is 3.15. The van der Waals surface area contributed by atoms with E-state index in [1.165, 1.54) is 11.3 Å². The first-order valence-corrected chi connectivity index (χ1v) is 10.2. The highest BCUT2D eigenvalue weighted by atomic mass is 35.5. The van der Waals surface area contributed by atoms with Gasteiger partial charge in [-0.3, -0.25) is 14.9 Å². The molecule has 6 nitrogen and oxygen atoms in total. The van der Waals surface area contributed by atoms with E-state index in [0.29, 0.717) is 27.2 Å². The molecule has 150 valence electrons. The van der Waals surface area contributed by atoms with E-state index in [0.717, 1.165) is 10.2 Å². The Morgan fingerprint density at radius 3 is 2.50 bits per heavy atom. The molecule has 0 aliphatic heterocycles. The predicted molar refractivity (Wildman–Crippen MR) is 120 cm³/mol. The molecule has 1 aromatic heterocycles. The topological polar surface area (TPSA) is 80.3 Å². The van der Waals surface area contributed by atoms with Crippen molar-refractivity contribution in [3.63, 3.8) is 0 Å². The van der Waals surface area contributed by atoms with Gasteiger partial charge >= 0.3 is 0 Å². The van der Waals surface area contributed by atoms with Gasteiger partial charge in [-0.1, -0.05) is 41.1 Å². The number of carbonyl (C=O) groups is 2. The van der Waals surface area contributed by atoms with E-state index < -0.39 is 0 Å². The van der Waals surface area contributed by atoms with E-state index in [9.17, 15) is 9.59 Å². The number of ether oxygens (including phenoxy) is 1. The van der Waals surface area contributed by atoms with Gasteiger partial charge in [0.25, 0.3) is 11.8 Å². The van der Waals surface area contributed by atoms with Gasteiger partial charge in [-0.25, -0.2) is 4.98 Å². The van der Waals surface area contributed by atoms with Gasteiger partial charge < -0.3 is 10.1 Å². The van der Waals surface area contributed by atoms with E-state index in [-0.39, 0.29) is 18.4 Å². The lowest BCUT2D eigenvalue weighted by Crippen LogP contribution is -2.20. The van der Waals surface area contributed by atoms with E-state index in [2.05, 4.69) is 15.6 Å². The fourth-order valence-corrected chi connectivity index (χ4v) is 3.72. The molecule has 8 heteroatoms. The molecule has 2 N–H and O–H groups in total. The molecule has 0 radical (unpaired) electrons. The molecule has 0 aliphatic rings. The second-order valence-corrected chi connectivity index (χ2v) is 7.78. The van der Waals surface area contributed by atoms with Gasteiger partial charge in [-0.05, 0) is 54.6 Å². The monoisotopic (exact) mass is 437 g/mol. The Bertz CT molecular complexity index is 1190. The molecule has 0 spiro atoms. The van der Waals surface area contributed by atoms with Crippen LogP contribution in [0.1, 0.15) is 10.4 Å². The molecule has 2 amide bonds. The summed E-state index contributed by atoms with van der Waals surface area (Å²) in [5, 5.41) is 6.69. The lowest BCUT2D eigenvalue weighted by Gasteiger charge is -2.07. The van der Waals surface area contributed by atoms with Crippen LogP contribution in [0.2, 0.25) is 5.02 Å². The van der Waals surface area contributed by atoms with E-state index in [1.807, 2.05) is 12.1 Å². The number of aromatic nitrogens is 1. The van der Waals surface area contributed by atoms with Crippen LogP contribution in [0, 0.1) is 0 Å². The van der Waals surface area contributed by atoms with Crippen LogP contribution in [0.25, 0.3) is 10.2 Å². The quantitative estimate of drug-likeness (QED) is 0.433. The predicted octanol–water partition coefficient (Wildman–Crippen LogP) is 5.22. The minimum absolute atomic E-state index is 0.124. The molecule has 0 saturated carbocycles. The maximum atomic E-state index is 12.3. The van der Waals surface area contributed by atoms with E-state index >= 15 is 0 Å². The third-order valence-corrected chi connectivity index (χ3v) is 5.30. The number of hydrogen-bond donors (Lipinski definition) is 2. The largest absolute Gasteiger partial charge is 0.484 e. The third-order valence-electron chi connectivity index (χ3n) is 4.11. The SMILES string of the molecule is O=C(COc1ccc(Cl)cc1)Nc1ccc2nc(NC(=O)c3ccccc3)sc2c1. The molecule has 0 atom stereocenters. The van der Waals surface area contributed by atoms with E-state index in [4.69, 9.17) is 16.3 Å². The summed E-state index contributed by atoms with van der Waals surface area (Å²) >= 11 is 7.16. The summed E-state index contributed by atoms with van der Waals surface area (Å²) in [5.74, 6) is 0.0557. The zero-order valence-corrected chi connectivity index (χ0v) is 17.2. The van der Waals surface area contributed by atoms with Crippen molar-refractivity contribution in [3.8, 4) is 5.75 Å². The van der Waals surface area contributed by atoms with Crippen molar-refractivity contribution in [3.05, 3.63) is 83.4 Å². The zero-order chi connectivity index (χ0) is 20.9. The van der Waals surface area contributed by atoms with Gasteiger partial charge in [0.2, 0.25) is 0 Å². The first kappa shape index (κ1) is 19.9. The Hall–Kier alpha value is -3.42. The Labute approximate surface area is 181 Å². The van der Waals surface area contributed by atoms with Crippen molar-refractivity contribution in [1.82, 2.24) is 4.98 Å². The van der Waals surface area contributed by atoms with Gasteiger partial charge in [0.1, 0.15) is 5.75 Å². The molecule has 0 aliphatic carbocycles. The number of rotatable bonds is 6. The van der Waals surface area contributed by atoms with Crippen LogP contribution in [0.4, 0.5) is 10.8 Å². The zero-order valence-electron chi connectivity index (χ0n) is 15.6. The number of amides is 2. The van der Waals surface area contributed by atoms with Crippen molar-refractivity contribution in [1.29, 1.82) is 0 Å². The number of nitrogens with one attached hydrogen (secondary N) is 2. The minimum Gasteiger partial charge on any atom is -0.484 e. The number of fused-ring (bicyclic) bond motifs is 1. The second-order valence-electron chi connectivity index (χ2n) is 6.31. The molecular weight excluding hydrogens is 422 g/mol. The molecule has 30 heavy (non-hydrogen) atoms. The van der Waals surface area contributed by atoms with Gasteiger partial charge in [0, 0.05) is 16.3 Å². The van der Waals surface area contributed by atoms with Crippen molar-refractivity contribution in [2.24, 2.45) is 0 Å². The summed E-state index contributed by atoms with van der Waals surface area (Å²) in [6, 6.07) is 21.1. The number of benzene rings is 3. The fraction of sp³-hybridized carbons (Fsp3) is 0.0455. The Morgan fingerprint density at radius 2 is 1.73 bits per heavy atom. The van der Waals surface area contributed by atoms with Crippen molar-refractivity contribution < 1.29 is 14.3 Å². The van der Waals surface area contributed by atoms with Gasteiger partial charge in [-0.15, -0.1) is 0 Å². The fourth-order valence-electron chi connectivity index (χ4n) is 2.69. The maximum absolute atomic E-state index is 12.3. The Balaban J connectivity index is 1.38. The van der Waals surface area contributed by atoms with E-state index in [1.54, 1.807) is 60.7 Å². The van der Waals surface area contributed by atoms with Crippen molar-refractivity contribution in [2.75, 3.05) is 17.2 Å². The summed E-state index contributed by atoms with van der Waals surface area (Å²) in [6.45, 7) is -0.124. The number of nitrogens with zero attached hydrogens (tertiary/aromatic N) is 1. The van der Waals surface area contributed by atoms with Crippen LogP contribution < -0.4 is 15.4 Å². The minimum atomic E-state index is -0.286. The summed E-state index contributed by atoms with van der Waals surface area (Å²) in [7, 11) is 0. The first-order valence-electron chi connectivity index (χ1n) is 9.02. The Kier molecular flexibility index (Phi) is 5.92. The summed E-state index contributed by atoms with van der Waals surface area (Å²) in [4.78, 5) is 28.9. The number of hydrogen-bond acceptors (Lipinski definition) is 5. The number of thiazole rings is 1. The smallest absolute Gasteiger partial charge is 0.262 e.